The van der Waals surface area contributed by atoms with Gasteiger partial charge in [-0.3, -0.25) is 9.59 Å². The minimum Gasteiger partial charge on any atom is -0.376 e. The van der Waals surface area contributed by atoms with Crippen LogP contribution in [0.5, 0.6) is 0 Å². The Balaban J connectivity index is 2.23. The van der Waals surface area contributed by atoms with Gasteiger partial charge >= 0.3 is 0 Å². The van der Waals surface area contributed by atoms with E-state index in [1.807, 2.05) is 41.5 Å². The third-order valence-electron chi connectivity index (χ3n) is 6.07. The summed E-state index contributed by atoms with van der Waals surface area (Å²) in [6.07, 6.45) is 2.26. The van der Waals surface area contributed by atoms with Gasteiger partial charge in [0, 0.05) is 18.7 Å². The second-order valence-electron chi connectivity index (χ2n) is 9.73. The second-order valence-corrected chi connectivity index (χ2v) is 11.5. The quantitative estimate of drug-likeness (QED) is 0.506. The molecular formula is C24H39N3O5S. The number of ether oxygens (including phenoxy) is 1. The van der Waals surface area contributed by atoms with E-state index >= 15 is 0 Å². The normalized spacial score (nSPS) is 17.7. The summed E-state index contributed by atoms with van der Waals surface area (Å²) in [6.45, 7) is 11.9. The van der Waals surface area contributed by atoms with Crippen molar-refractivity contribution in [3.05, 3.63) is 29.8 Å². The standard InChI is InChI=1S/C24H39N3O5S/c1-7-24(5,6)26-23(29)22(17(2)3)27(16-19-9-8-14-32-19)21(28)15-25-33(30,31)20-12-10-18(4)11-13-20/h10-13,17,19,22,25H,7-9,14-16H2,1-6H3,(H,26,29)/t19-,22-/m0/s1. The van der Waals surface area contributed by atoms with E-state index in [2.05, 4.69) is 10.0 Å². The third-order valence-corrected chi connectivity index (χ3v) is 7.49. The molecule has 186 valence electrons. The van der Waals surface area contributed by atoms with Crippen molar-refractivity contribution in [2.24, 2.45) is 5.92 Å². The van der Waals surface area contributed by atoms with Gasteiger partial charge in [0.1, 0.15) is 6.04 Å². The number of sulfonamides is 1. The average Bonchev–Trinajstić information content (AvgIpc) is 3.24. The molecule has 8 nitrogen and oxygen atoms in total. The molecule has 0 aromatic heterocycles. The van der Waals surface area contributed by atoms with Crippen LogP contribution in [0.4, 0.5) is 0 Å². The fraction of sp³-hybridized carbons (Fsp3) is 0.667. The molecule has 1 fully saturated rings. The molecule has 1 aliphatic heterocycles. The molecule has 0 unspecified atom stereocenters. The van der Waals surface area contributed by atoms with Crippen LogP contribution < -0.4 is 10.0 Å². The van der Waals surface area contributed by atoms with Gasteiger partial charge in [-0.1, -0.05) is 38.5 Å². The van der Waals surface area contributed by atoms with Crippen LogP contribution >= 0.6 is 0 Å². The van der Waals surface area contributed by atoms with Crippen LogP contribution in [-0.2, 0) is 24.3 Å². The Hall–Kier alpha value is -1.97. The molecule has 2 N–H and O–H groups in total. The largest absolute Gasteiger partial charge is 0.376 e. The van der Waals surface area contributed by atoms with Gasteiger partial charge in [-0.25, -0.2) is 13.1 Å². The van der Waals surface area contributed by atoms with Gasteiger partial charge in [-0.05, 0) is 58.1 Å². The van der Waals surface area contributed by atoms with E-state index in [0.717, 1.165) is 24.8 Å². The Morgan fingerprint density at radius 2 is 1.85 bits per heavy atom. The summed E-state index contributed by atoms with van der Waals surface area (Å²) in [4.78, 5) is 28.1. The van der Waals surface area contributed by atoms with Gasteiger partial charge < -0.3 is 15.0 Å². The highest BCUT2D eigenvalue weighted by Crippen LogP contribution is 2.20. The van der Waals surface area contributed by atoms with Gasteiger partial charge in [0.25, 0.3) is 0 Å². The maximum Gasteiger partial charge on any atom is 0.243 e. The van der Waals surface area contributed by atoms with Crippen LogP contribution in [-0.4, -0.2) is 62.5 Å². The van der Waals surface area contributed by atoms with Crippen LogP contribution in [0.15, 0.2) is 29.2 Å². The molecule has 1 aromatic carbocycles. The number of aryl methyl sites for hydroxylation is 1. The number of nitrogens with zero attached hydrogens (tertiary/aromatic N) is 1. The lowest BCUT2D eigenvalue weighted by atomic mass is 9.96. The monoisotopic (exact) mass is 481 g/mol. The van der Waals surface area contributed by atoms with Gasteiger partial charge in [-0.15, -0.1) is 0 Å². The minimum atomic E-state index is -3.86. The highest BCUT2D eigenvalue weighted by atomic mass is 32.2. The zero-order valence-corrected chi connectivity index (χ0v) is 21.5. The Morgan fingerprint density at radius 3 is 2.36 bits per heavy atom. The predicted octanol–water partition coefficient (Wildman–Crippen LogP) is 2.61. The van der Waals surface area contributed by atoms with Gasteiger partial charge in [0.15, 0.2) is 0 Å². The molecule has 0 aliphatic carbocycles. The molecule has 0 radical (unpaired) electrons. The van der Waals surface area contributed by atoms with E-state index in [1.165, 1.54) is 17.0 Å². The number of carbonyl (C=O) groups is 2. The zero-order chi connectivity index (χ0) is 24.8. The molecule has 2 amide bonds. The van der Waals surface area contributed by atoms with E-state index < -0.39 is 34.1 Å². The number of amides is 2. The Labute approximate surface area is 198 Å². The summed E-state index contributed by atoms with van der Waals surface area (Å²) in [7, 11) is -3.86. The number of rotatable bonds is 11. The van der Waals surface area contributed by atoms with Crippen LogP contribution in [0, 0.1) is 12.8 Å². The van der Waals surface area contributed by atoms with Crippen molar-refractivity contribution >= 4 is 21.8 Å². The summed E-state index contributed by atoms with van der Waals surface area (Å²) in [5, 5.41) is 3.04. The lowest BCUT2D eigenvalue weighted by Crippen LogP contribution is -2.59. The smallest absolute Gasteiger partial charge is 0.243 e. The van der Waals surface area contributed by atoms with E-state index in [0.29, 0.717) is 6.61 Å². The molecule has 0 bridgehead atoms. The lowest BCUT2D eigenvalue weighted by molar-refractivity contribution is -0.144. The molecular weight excluding hydrogens is 442 g/mol. The van der Waals surface area contributed by atoms with Crippen molar-refractivity contribution in [2.75, 3.05) is 19.7 Å². The van der Waals surface area contributed by atoms with Crippen molar-refractivity contribution in [1.29, 1.82) is 0 Å². The van der Waals surface area contributed by atoms with Crippen LogP contribution in [0.1, 0.15) is 59.4 Å². The number of benzene rings is 1. The van der Waals surface area contributed by atoms with Crippen molar-refractivity contribution in [2.45, 2.75) is 83.4 Å². The number of hydrogen-bond acceptors (Lipinski definition) is 5. The van der Waals surface area contributed by atoms with Crippen molar-refractivity contribution in [3.8, 4) is 0 Å². The molecule has 1 saturated heterocycles. The Bertz CT molecular complexity index is 907. The highest BCUT2D eigenvalue weighted by Gasteiger charge is 2.36. The highest BCUT2D eigenvalue weighted by molar-refractivity contribution is 7.89. The van der Waals surface area contributed by atoms with E-state index in [1.54, 1.807) is 12.1 Å². The fourth-order valence-corrected chi connectivity index (χ4v) is 4.71. The summed E-state index contributed by atoms with van der Waals surface area (Å²) in [5.41, 5.74) is 0.518. The number of nitrogens with one attached hydrogen (secondary N) is 2. The number of carbonyl (C=O) groups excluding carboxylic acids is 2. The van der Waals surface area contributed by atoms with Crippen molar-refractivity contribution in [1.82, 2.24) is 14.9 Å². The minimum absolute atomic E-state index is 0.0921. The first-order valence-electron chi connectivity index (χ1n) is 11.7. The average molecular weight is 482 g/mol. The lowest BCUT2D eigenvalue weighted by Gasteiger charge is -2.37. The summed E-state index contributed by atoms with van der Waals surface area (Å²) >= 11 is 0. The Morgan fingerprint density at radius 1 is 1.21 bits per heavy atom. The van der Waals surface area contributed by atoms with E-state index in [9.17, 15) is 18.0 Å². The molecule has 0 saturated carbocycles. The summed E-state index contributed by atoms with van der Waals surface area (Å²) < 4.78 is 33.5. The van der Waals surface area contributed by atoms with E-state index in [-0.39, 0.29) is 29.4 Å². The maximum atomic E-state index is 13.3. The van der Waals surface area contributed by atoms with Crippen LogP contribution in [0.25, 0.3) is 0 Å². The van der Waals surface area contributed by atoms with Gasteiger partial charge in [-0.2, -0.15) is 0 Å². The van der Waals surface area contributed by atoms with Gasteiger partial charge in [0.05, 0.1) is 17.5 Å². The molecule has 0 spiro atoms. The molecule has 2 atom stereocenters. The van der Waals surface area contributed by atoms with Crippen LogP contribution in [0.3, 0.4) is 0 Å². The van der Waals surface area contributed by atoms with Crippen LogP contribution in [0.2, 0.25) is 0 Å². The SMILES string of the molecule is CCC(C)(C)NC(=O)[C@H](C(C)C)N(C[C@@H]1CCCO1)C(=O)CNS(=O)(=O)c1ccc(C)cc1. The fourth-order valence-electron chi connectivity index (χ4n) is 3.74. The zero-order valence-electron chi connectivity index (χ0n) is 20.7. The molecule has 1 aromatic rings. The molecule has 2 rings (SSSR count). The third kappa shape index (κ3) is 7.79. The molecule has 9 heteroatoms. The summed E-state index contributed by atoms with van der Waals surface area (Å²) in [6, 6.07) is 5.67. The van der Waals surface area contributed by atoms with Crippen molar-refractivity contribution < 1.29 is 22.7 Å². The van der Waals surface area contributed by atoms with E-state index in [4.69, 9.17) is 4.74 Å². The maximum absolute atomic E-state index is 13.3. The first kappa shape index (κ1) is 27.3. The molecule has 1 heterocycles. The van der Waals surface area contributed by atoms with Crippen molar-refractivity contribution in [3.63, 3.8) is 0 Å². The first-order valence-corrected chi connectivity index (χ1v) is 13.1. The predicted molar refractivity (Wildman–Crippen MR) is 128 cm³/mol. The molecule has 1 aliphatic rings. The van der Waals surface area contributed by atoms with Gasteiger partial charge in [0.2, 0.25) is 21.8 Å². The first-order chi connectivity index (χ1) is 15.4. The Kier molecular flexibility index (Phi) is 9.46. The topological polar surface area (TPSA) is 105 Å². The summed E-state index contributed by atoms with van der Waals surface area (Å²) in [5.74, 6) is -0.870. The number of hydrogen-bond donors (Lipinski definition) is 2. The second kappa shape index (κ2) is 11.4. The molecule has 33 heavy (non-hydrogen) atoms.